The summed E-state index contributed by atoms with van der Waals surface area (Å²) in [5.41, 5.74) is 2.96. The molecule has 0 amide bonds. The largest absolute Gasteiger partial charge is 0.454 e. The molecule has 0 N–H and O–H groups in total. The summed E-state index contributed by atoms with van der Waals surface area (Å²) in [6.45, 7) is 3.73. The maximum atomic E-state index is 12.7. The lowest BCUT2D eigenvalue weighted by atomic mass is 10.1. The number of benzene rings is 1. The Balaban J connectivity index is 1.67. The second kappa shape index (κ2) is 8.01. The Bertz CT molecular complexity index is 1290. The fourth-order valence-corrected chi connectivity index (χ4v) is 3.67. The average Bonchev–Trinajstić information content (AvgIpc) is 3.07. The summed E-state index contributed by atoms with van der Waals surface area (Å²) < 4.78 is 45.3. The first-order valence-corrected chi connectivity index (χ1v) is 9.89. The highest BCUT2D eigenvalue weighted by Gasteiger charge is 2.31. The smallest absolute Gasteiger partial charge is 0.396 e. The lowest BCUT2D eigenvalue weighted by Crippen LogP contribution is -2.14. The first-order chi connectivity index (χ1) is 14.6. The fourth-order valence-electron chi connectivity index (χ4n) is 3.15. The van der Waals surface area contributed by atoms with Gasteiger partial charge in [0.25, 0.3) is 0 Å². The van der Waals surface area contributed by atoms with E-state index in [-0.39, 0.29) is 16.5 Å². The van der Waals surface area contributed by atoms with E-state index in [1.54, 1.807) is 24.3 Å². The molecule has 0 unspecified atom stereocenters. The summed E-state index contributed by atoms with van der Waals surface area (Å²) in [6, 6.07) is 10.4. The third-order valence-electron chi connectivity index (χ3n) is 4.59. The SMILES string of the molecule is Cc1ccc(Oc2ccc(-c3ccn4c(CC(F)(F)F)nnc4c3Cl)cc2Cl)c(C)n1. The van der Waals surface area contributed by atoms with Gasteiger partial charge >= 0.3 is 6.18 Å². The van der Waals surface area contributed by atoms with Crippen LogP contribution in [-0.4, -0.2) is 25.8 Å². The highest BCUT2D eigenvalue weighted by atomic mass is 35.5. The van der Waals surface area contributed by atoms with Gasteiger partial charge in [-0.05, 0) is 49.7 Å². The van der Waals surface area contributed by atoms with E-state index in [1.165, 1.54) is 10.6 Å². The Morgan fingerprint density at radius 2 is 1.74 bits per heavy atom. The second-order valence-electron chi connectivity index (χ2n) is 6.93. The minimum absolute atomic E-state index is 0.135. The molecule has 0 saturated heterocycles. The van der Waals surface area contributed by atoms with Crippen LogP contribution in [0.25, 0.3) is 16.8 Å². The second-order valence-corrected chi connectivity index (χ2v) is 7.71. The van der Waals surface area contributed by atoms with Crippen molar-refractivity contribution in [3.63, 3.8) is 0 Å². The van der Waals surface area contributed by atoms with Gasteiger partial charge in [-0.3, -0.25) is 9.38 Å². The predicted octanol–water partition coefficient (Wildman–Crippen LogP) is 6.61. The van der Waals surface area contributed by atoms with Gasteiger partial charge in [0.2, 0.25) is 0 Å². The molecule has 0 atom stereocenters. The maximum Gasteiger partial charge on any atom is 0.396 e. The third kappa shape index (κ3) is 4.45. The van der Waals surface area contributed by atoms with E-state index >= 15 is 0 Å². The summed E-state index contributed by atoms with van der Waals surface area (Å²) in [7, 11) is 0. The van der Waals surface area contributed by atoms with E-state index in [2.05, 4.69) is 15.2 Å². The number of fused-ring (bicyclic) bond motifs is 1. The van der Waals surface area contributed by atoms with Crippen molar-refractivity contribution in [2.45, 2.75) is 26.4 Å². The van der Waals surface area contributed by atoms with E-state index in [0.717, 1.165) is 11.4 Å². The molecular formula is C21H15Cl2F3N4O. The molecule has 4 aromatic rings. The average molecular weight is 467 g/mol. The van der Waals surface area contributed by atoms with Crippen molar-refractivity contribution in [2.24, 2.45) is 0 Å². The zero-order chi connectivity index (χ0) is 22.3. The summed E-state index contributed by atoms with van der Waals surface area (Å²) in [6.07, 6.45) is -4.14. The summed E-state index contributed by atoms with van der Waals surface area (Å²) in [5.74, 6) is 0.784. The van der Waals surface area contributed by atoms with Crippen LogP contribution in [-0.2, 0) is 6.42 Å². The number of nitrogens with zero attached hydrogens (tertiary/aromatic N) is 4. The fraction of sp³-hybridized carbons (Fsp3) is 0.190. The lowest BCUT2D eigenvalue weighted by Gasteiger charge is -2.12. The molecule has 0 aliphatic heterocycles. The van der Waals surface area contributed by atoms with Crippen molar-refractivity contribution in [2.75, 3.05) is 0 Å². The van der Waals surface area contributed by atoms with Gasteiger partial charge in [0.05, 0.1) is 15.7 Å². The molecule has 0 bridgehead atoms. The first-order valence-electron chi connectivity index (χ1n) is 9.13. The van der Waals surface area contributed by atoms with Gasteiger partial charge in [0.15, 0.2) is 5.65 Å². The molecule has 3 aromatic heterocycles. The van der Waals surface area contributed by atoms with Crippen LogP contribution in [0.1, 0.15) is 17.2 Å². The van der Waals surface area contributed by atoms with Gasteiger partial charge in [-0.1, -0.05) is 29.3 Å². The zero-order valence-corrected chi connectivity index (χ0v) is 17.8. The van der Waals surface area contributed by atoms with E-state index in [4.69, 9.17) is 27.9 Å². The number of rotatable bonds is 4. The predicted molar refractivity (Wildman–Crippen MR) is 112 cm³/mol. The minimum Gasteiger partial charge on any atom is -0.454 e. The molecule has 5 nitrogen and oxygen atoms in total. The van der Waals surface area contributed by atoms with Gasteiger partial charge in [0.1, 0.15) is 23.7 Å². The van der Waals surface area contributed by atoms with Crippen molar-refractivity contribution in [1.82, 2.24) is 19.6 Å². The molecule has 1 aromatic carbocycles. The molecule has 0 aliphatic carbocycles. The summed E-state index contributed by atoms with van der Waals surface area (Å²) >= 11 is 12.8. The van der Waals surface area contributed by atoms with Gasteiger partial charge in [-0.2, -0.15) is 13.2 Å². The van der Waals surface area contributed by atoms with Crippen LogP contribution in [0.15, 0.2) is 42.6 Å². The number of alkyl halides is 3. The van der Waals surface area contributed by atoms with Crippen molar-refractivity contribution in [3.8, 4) is 22.6 Å². The Morgan fingerprint density at radius 3 is 2.42 bits per heavy atom. The number of ether oxygens (including phenoxy) is 1. The number of aromatic nitrogens is 4. The molecule has 160 valence electrons. The van der Waals surface area contributed by atoms with E-state index in [1.807, 2.05) is 26.0 Å². The third-order valence-corrected chi connectivity index (χ3v) is 5.26. The molecule has 0 spiro atoms. The van der Waals surface area contributed by atoms with Crippen LogP contribution in [0, 0.1) is 13.8 Å². The molecule has 0 fully saturated rings. The highest BCUT2D eigenvalue weighted by molar-refractivity contribution is 6.36. The molecule has 10 heteroatoms. The number of hydrogen-bond donors (Lipinski definition) is 0. The monoisotopic (exact) mass is 466 g/mol. The van der Waals surface area contributed by atoms with Gasteiger partial charge in [0, 0.05) is 17.5 Å². The summed E-state index contributed by atoms with van der Waals surface area (Å²) in [4.78, 5) is 4.36. The Hall–Kier alpha value is -2.84. The number of aryl methyl sites for hydroxylation is 2. The lowest BCUT2D eigenvalue weighted by molar-refractivity contribution is -0.128. The maximum absolute atomic E-state index is 12.7. The van der Waals surface area contributed by atoms with Gasteiger partial charge in [-0.15, -0.1) is 10.2 Å². The van der Waals surface area contributed by atoms with Crippen LogP contribution in [0.5, 0.6) is 11.5 Å². The van der Waals surface area contributed by atoms with Crippen LogP contribution in [0.2, 0.25) is 10.0 Å². The van der Waals surface area contributed by atoms with Crippen molar-refractivity contribution in [1.29, 1.82) is 0 Å². The van der Waals surface area contributed by atoms with E-state index in [9.17, 15) is 13.2 Å². The Morgan fingerprint density at radius 1 is 1.00 bits per heavy atom. The van der Waals surface area contributed by atoms with Gasteiger partial charge < -0.3 is 4.74 Å². The number of hydrogen-bond acceptors (Lipinski definition) is 4. The molecule has 4 rings (SSSR count). The number of halogens is 5. The Kier molecular flexibility index (Phi) is 5.53. The first kappa shape index (κ1) is 21.4. The van der Waals surface area contributed by atoms with Gasteiger partial charge in [-0.25, -0.2) is 0 Å². The number of pyridine rings is 2. The van der Waals surface area contributed by atoms with E-state index < -0.39 is 12.6 Å². The Labute approximate surface area is 185 Å². The normalized spacial score (nSPS) is 11.8. The zero-order valence-electron chi connectivity index (χ0n) is 16.3. The van der Waals surface area contributed by atoms with E-state index in [0.29, 0.717) is 27.6 Å². The van der Waals surface area contributed by atoms with Crippen LogP contribution in [0.3, 0.4) is 0 Å². The molecule has 3 heterocycles. The molecule has 31 heavy (non-hydrogen) atoms. The standard InChI is InChI=1S/C21H15Cl2F3N4O/c1-11-3-5-16(12(2)27-11)31-17-6-4-13(9-15(17)22)14-7-8-30-18(10-21(24,25)26)28-29-20(30)19(14)23/h3-9H,10H2,1-2H3. The quantitative estimate of drug-likeness (QED) is 0.339. The van der Waals surface area contributed by atoms with Crippen molar-refractivity contribution in [3.05, 3.63) is 69.9 Å². The molecular weight excluding hydrogens is 452 g/mol. The van der Waals surface area contributed by atoms with Crippen LogP contribution >= 0.6 is 23.2 Å². The van der Waals surface area contributed by atoms with Crippen LogP contribution < -0.4 is 4.74 Å². The van der Waals surface area contributed by atoms with Crippen LogP contribution in [0.4, 0.5) is 13.2 Å². The summed E-state index contributed by atoms with van der Waals surface area (Å²) in [5, 5.41) is 7.96. The minimum atomic E-state index is -4.40. The molecule has 0 radical (unpaired) electrons. The molecule has 0 saturated carbocycles. The topological polar surface area (TPSA) is 52.3 Å². The highest BCUT2D eigenvalue weighted by Crippen LogP contribution is 2.37. The van der Waals surface area contributed by atoms with Crippen molar-refractivity contribution >= 4 is 28.8 Å². The van der Waals surface area contributed by atoms with Crippen molar-refractivity contribution < 1.29 is 17.9 Å². The molecule has 0 aliphatic rings.